The molecule has 0 aromatic heterocycles. The monoisotopic (exact) mass is 238 g/mol. The normalized spacial score (nSPS) is 34.9. The van der Waals surface area contributed by atoms with Crippen molar-refractivity contribution in [2.24, 2.45) is 11.8 Å². The lowest BCUT2D eigenvalue weighted by atomic mass is 9.82. The predicted octanol–water partition coefficient (Wildman–Crippen LogP) is 2.92. The minimum Gasteiger partial charge on any atom is -0.388 e. The van der Waals surface area contributed by atoms with Crippen LogP contribution in [0.15, 0.2) is 24.3 Å². The molecule has 2 rings (SSSR count). The van der Waals surface area contributed by atoms with Crippen LogP contribution >= 0.6 is 0 Å². The number of ether oxygens (including phenoxy) is 1. The first-order valence-electron chi connectivity index (χ1n) is 6.10. The van der Waals surface area contributed by atoms with E-state index in [-0.39, 0.29) is 29.9 Å². The van der Waals surface area contributed by atoms with E-state index in [4.69, 9.17) is 4.74 Å². The fraction of sp³-hybridized carbons (Fsp3) is 0.571. The molecule has 1 aromatic carbocycles. The Morgan fingerprint density at radius 2 is 1.82 bits per heavy atom. The van der Waals surface area contributed by atoms with E-state index in [0.29, 0.717) is 5.56 Å². The third kappa shape index (κ3) is 2.22. The molecule has 1 fully saturated rings. The molecule has 1 aliphatic rings. The number of aliphatic hydroxyl groups excluding tert-OH is 1. The van der Waals surface area contributed by atoms with E-state index in [1.807, 2.05) is 20.8 Å². The molecule has 0 aliphatic carbocycles. The molecule has 1 aliphatic heterocycles. The van der Waals surface area contributed by atoms with Crippen molar-refractivity contribution in [3.05, 3.63) is 35.6 Å². The zero-order valence-corrected chi connectivity index (χ0v) is 10.4. The average molecular weight is 238 g/mol. The summed E-state index contributed by atoms with van der Waals surface area (Å²) in [6.07, 6.45) is -0.739. The summed E-state index contributed by atoms with van der Waals surface area (Å²) in [4.78, 5) is 0. The Balaban J connectivity index is 2.26. The van der Waals surface area contributed by atoms with Crippen LogP contribution < -0.4 is 0 Å². The van der Waals surface area contributed by atoms with Gasteiger partial charge in [-0.15, -0.1) is 0 Å². The third-order valence-electron chi connectivity index (χ3n) is 3.91. The molecule has 2 nitrogen and oxygen atoms in total. The molecule has 94 valence electrons. The standard InChI is InChI=1S/C14H19FO2/c1-8-9(2)17-10(3)13(8)14(16)11-6-4-5-7-12(11)15/h4-10,13-14,16H,1-3H3. The van der Waals surface area contributed by atoms with Crippen LogP contribution in [-0.2, 0) is 4.74 Å². The number of hydrogen-bond acceptors (Lipinski definition) is 2. The Kier molecular flexibility index (Phi) is 3.50. The summed E-state index contributed by atoms with van der Waals surface area (Å²) in [5.41, 5.74) is 0.369. The van der Waals surface area contributed by atoms with Crippen LogP contribution in [0, 0.1) is 17.7 Å². The van der Waals surface area contributed by atoms with Crippen molar-refractivity contribution in [3.8, 4) is 0 Å². The Labute approximate surface area is 101 Å². The van der Waals surface area contributed by atoms with Crippen molar-refractivity contribution in [2.75, 3.05) is 0 Å². The van der Waals surface area contributed by atoms with Gasteiger partial charge in [-0.1, -0.05) is 25.1 Å². The number of rotatable bonds is 2. The van der Waals surface area contributed by atoms with Gasteiger partial charge in [-0.2, -0.15) is 0 Å². The highest BCUT2D eigenvalue weighted by Gasteiger charge is 2.42. The molecular formula is C14H19FO2. The van der Waals surface area contributed by atoms with E-state index >= 15 is 0 Å². The van der Waals surface area contributed by atoms with Crippen molar-refractivity contribution in [3.63, 3.8) is 0 Å². The summed E-state index contributed by atoms with van der Waals surface area (Å²) in [5, 5.41) is 10.3. The molecule has 0 saturated carbocycles. The zero-order valence-electron chi connectivity index (χ0n) is 10.4. The summed E-state index contributed by atoms with van der Waals surface area (Å²) in [6.45, 7) is 5.98. The van der Waals surface area contributed by atoms with E-state index < -0.39 is 6.10 Å². The van der Waals surface area contributed by atoms with Crippen molar-refractivity contribution in [1.29, 1.82) is 0 Å². The Hall–Kier alpha value is -0.930. The first-order chi connectivity index (χ1) is 8.02. The van der Waals surface area contributed by atoms with Gasteiger partial charge in [0.2, 0.25) is 0 Å². The van der Waals surface area contributed by atoms with Gasteiger partial charge in [-0.3, -0.25) is 0 Å². The van der Waals surface area contributed by atoms with Gasteiger partial charge in [0.1, 0.15) is 5.82 Å². The van der Waals surface area contributed by atoms with Crippen LogP contribution in [-0.4, -0.2) is 17.3 Å². The van der Waals surface area contributed by atoms with E-state index in [1.165, 1.54) is 6.07 Å². The third-order valence-corrected chi connectivity index (χ3v) is 3.91. The molecule has 1 saturated heterocycles. The highest BCUT2D eigenvalue weighted by molar-refractivity contribution is 5.21. The minimum absolute atomic E-state index is 0.0467. The second-order valence-electron chi connectivity index (χ2n) is 4.95. The van der Waals surface area contributed by atoms with E-state index in [1.54, 1.807) is 18.2 Å². The van der Waals surface area contributed by atoms with Gasteiger partial charge < -0.3 is 9.84 Å². The zero-order chi connectivity index (χ0) is 12.6. The fourth-order valence-corrected chi connectivity index (χ4v) is 2.76. The summed E-state index contributed by atoms with van der Waals surface area (Å²) < 4.78 is 19.3. The van der Waals surface area contributed by atoms with Gasteiger partial charge in [0, 0.05) is 11.5 Å². The van der Waals surface area contributed by atoms with Gasteiger partial charge in [-0.25, -0.2) is 4.39 Å². The van der Waals surface area contributed by atoms with E-state index in [2.05, 4.69) is 0 Å². The summed E-state index contributed by atoms with van der Waals surface area (Å²) in [7, 11) is 0. The van der Waals surface area contributed by atoms with Crippen LogP contribution in [0.1, 0.15) is 32.4 Å². The number of hydrogen-bond donors (Lipinski definition) is 1. The van der Waals surface area contributed by atoms with E-state index in [0.717, 1.165) is 0 Å². The molecule has 5 unspecified atom stereocenters. The molecule has 5 atom stereocenters. The summed E-state index contributed by atoms with van der Waals surface area (Å²) in [5.74, 6) is -0.180. The smallest absolute Gasteiger partial charge is 0.129 e. The molecule has 17 heavy (non-hydrogen) atoms. The Morgan fingerprint density at radius 1 is 1.18 bits per heavy atom. The molecule has 0 spiro atoms. The fourth-order valence-electron chi connectivity index (χ4n) is 2.76. The number of aliphatic hydroxyl groups is 1. The van der Waals surface area contributed by atoms with Gasteiger partial charge in [0.25, 0.3) is 0 Å². The van der Waals surface area contributed by atoms with Crippen LogP contribution in [0.25, 0.3) is 0 Å². The maximum Gasteiger partial charge on any atom is 0.129 e. The quantitative estimate of drug-likeness (QED) is 0.858. The van der Waals surface area contributed by atoms with Crippen LogP contribution in [0.2, 0.25) is 0 Å². The van der Waals surface area contributed by atoms with E-state index in [9.17, 15) is 9.50 Å². The van der Waals surface area contributed by atoms with Crippen molar-refractivity contribution in [1.82, 2.24) is 0 Å². The SMILES string of the molecule is CC1OC(C)C(C(O)c2ccccc2F)C1C. The second kappa shape index (κ2) is 4.75. The summed E-state index contributed by atoms with van der Waals surface area (Å²) >= 11 is 0. The molecule has 0 amide bonds. The number of benzene rings is 1. The van der Waals surface area contributed by atoms with Crippen molar-refractivity contribution in [2.45, 2.75) is 39.1 Å². The lowest BCUT2D eigenvalue weighted by Crippen LogP contribution is -2.25. The van der Waals surface area contributed by atoms with Gasteiger partial charge in [0.05, 0.1) is 18.3 Å². The highest BCUT2D eigenvalue weighted by atomic mass is 19.1. The largest absolute Gasteiger partial charge is 0.388 e. The Bertz CT molecular complexity index is 394. The predicted molar refractivity (Wildman–Crippen MR) is 64.0 cm³/mol. The minimum atomic E-state index is -0.800. The van der Waals surface area contributed by atoms with Crippen LogP contribution in [0.5, 0.6) is 0 Å². The lowest BCUT2D eigenvalue weighted by Gasteiger charge is -2.25. The highest BCUT2D eigenvalue weighted by Crippen LogP contribution is 2.40. The number of halogens is 1. The molecule has 3 heteroatoms. The summed E-state index contributed by atoms with van der Waals surface area (Å²) in [6, 6.07) is 6.40. The average Bonchev–Trinajstić information content (AvgIpc) is 2.53. The van der Waals surface area contributed by atoms with Crippen molar-refractivity contribution < 1.29 is 14.2 Å². The van der Waals surface area contributed by atoms with Gasteiger partial charge in [0.15, 0.2) is 0 Å². The van der Waals surface area contributed by atoms with Crippen LogP contribution in [0.3, 0.4) is 0 Å². The van der Waals surface area contributed by atoms with Gasteiger partial charge >= 0.3 is 0 Å². The molecule has 1 heterocycles. The maximum absolute atomic E-state index is 13.6. The molecule has 0 bridgehead atoms. The second-order valence-corrected chi connectivity index (χ2v) is 4.95. The first-order valence-corrected chi connectivity index (χ1v) is 6.10. The molecular weight excluding hydrogens is 219 g/mol. The lowest BCUT2D eigenvalue weighted by molar-refractivity contribution is 0.0220. The Morgan fingerprint density at radius 3 is 2.35 bits per heavy atom. The molecule has 1 N–H and O–H groups in total. The maximum atomic E-state index is 13.6. The van der Waals surface area contributed by atoms with Gasteiger partial charge in [-0.05, 0) is 25.8 Å². The molecule has 0 radical (unpaired) electrons. The first kappa shape index (κ1) is 12.5. The molecule has 1 aromatic rings. The van der Waals surface area contributed by atoms with Crippen molar-refractivity contribution >= 4 is 0 Å². The topological polar surface area (TPSA) is 29.5 Å². The van der Waals surface area contributed by atoms with Crippen LogP contribution in [0.4, 0.5) is 4.39 Å².